The summed E-state index contributed by atoms with van der Waals surface area (Å²) >= 11 is 5.97. The van der Waals surface area contributed by atoms with Gasteiger partial charge in [-0.15, -0.1) is 0 Å². The molecule has 5 nitrogen and oxygen atoms in total. The van der Waals surface area contributed by atoms with E-state index in [2.05, 4.69) is 9.97 Å². The number of hydrogen-bond acceptors (Lipinski definition) is 5. The molecule has 2 N–H and O–H groups in total. The monoisotopic (exact) mass is 265 g/mol. The van der Waals surface area contributed by atoms with Crippen LogP contribution in [0.3, 0.4) is 0 Å². The SMILES string of the molecule is COc1cc(-c2ccc(Cl)c(OC)c2)nc(N)n1. The number of halogens is 1. The molecule has 0 aliphatic heterocycles. The summed E-state index contributed by atoms with van der Waals surface area (Å²) in [7, 11) is 3.08. The number of nitrogens with two attached hydrogens (primary N) is 1. The second-order valence-electron chi connectivity index (χ2n) is 3.50. The predicted molar refractivity (Wildman–Crippen MR) is 70.0 cm³/mol. The van der Waals surface area contributed by atoms with Gasteiger partial charge in [0, 0.05) is 11.6 Å². The zero-order chi connectivity index (χ0) is 13.1. The van der Waals surface area contributed by atoms with Crippen LogP contribution < -0.4 is 15.2 Å². The van der Waals surface area contributed by atoms with Crippen LogP contribution in [0.15, 0.2) is 24.3 Å². The van der Waals surface area contributed by atoms with Crippen LogP contribution in [-0.4, -0.2) is 24.2 Å². The average Bonchev–Trinajstić information content (AvgIpc) is 2.38. The Morgan fingerprint density at radius 3 is 2.56 bits per heavy atom. The zero-order valence-corrected chi connectivity index (χ0v) is 10.7. The fraction of sp³-hybridized carbons (Fsp3) is 0.167. The second-order valence-corrected chi connectivity index (χ2v) is 3.91. The molecule has 94 valence electrons. The third-order valence-corrected chi connectivity index (χ3v) is 2.69. The molecule has 2 aromatic rings. The molecule has 2 rings (SSSR count). The fourth-order valence-electron chi connectivity index (χ4n) is 1.51. The minimum absolute atomic E-state index is 0.151. The van der Waals surface area contributed by atoms with Crippen molar-refractivity contribution in [2.24, 2.45) is 0 Å². The summed E-state index contributed by atoms with van der Waals surface area (Å²) in [6.07, 6.45) is 0. The number of benzene rings is 1. The lowest BCUT2D eigenvalue weighted by molar-refractivity contribution is 0.398. The van der Waals surface area contributed by atoms with Crippen LogP contribution in [0.2, 0.25) is 5.02 Å². The van der Waals surface area contributed by atoms with Crippen LogP contribution in [0, 0.1) is 0 Å². The number of hydrogen-bond donors (Lipinski definition) is 1. The maximum atomic E-state index is 5.97. The molecule has 6 heteroatoms. The van der Waals surface area contributed by atoms with Crippen LogP contribution in [-0.2, 0) is 0 Å². The third-order valence-electron chi connectivity index (χ3n) is 2.38. The van der Waals surface area contributed by atoms with E-state index in [0.717, 1.165) is 5.56 Å². The number of methoxy groups -OCH3 is 2. The van der Waals surface area contributed by atoms with Crippen molar-refractivity contribution in [1.82, 2.24) is 9.97 Å². The van der Waals surface area contributed by atoms with Crippen LogP contribution in [0.5, 0.6) is 11.6 Å². The summed E-state index contributed by atoms with van der Waals surface area (Å²) < 4.78 is 10.2. The van der Waals surface area contributed by atoms with E-state index in [-0.39, 0.29) is 5.95 Å². The lowest BCUT2D eigenvalue weighted by atomic mass is 10.1. The molecule has 0 aliphatic rings. The first-order valence-electron chi connectivity index (χ1n) is 5.16. The maximum Gasteiger partial charge on any atom is 0.223 e. The Balaban J connectivity index is 2.51. The van der Waals surface area contributed by atoms with Gasteiger partial charge in [0.15, 0.2) is 0 Å². The van der Waals surface area contributed by atoms with Gasteiger partial charge in [0.1, 0.15) is 5.75 Å². The summed E-state index contributed by atoms with van der Waals surface area (Å²) in [6, 6.07) is 7.04. The highest BCUT2D eigenvalue weighted by molar-refractivity contribution is 6.32. The Bertz CT molecular complexity index is 575. The first-order chi connectivity index (χ1) is 8.63. The van der Waals surface area contributed by atoms with Crippen molar-refractivity contribution in [2.45, 2.75) is 0 Å². The van der Waals surface area contributed by atoms with Crippen molar-refractivity contribution < 1.29 is 9.47 Å². The van der Waals surface area contributed by atoms with E-state index in [0.29, 0.717) is 22.3 Å². The van der Waals surface area contributed by atoms with Gasteiger partial charge in [-0.2, -0.15) is 4.98 Å². The Morgan fingerprint density at radius 2 is 1.89 bits per heavy atom. The van der Waals surface area contributed by atoms with Gasteiger partial charge in [0.2, 0.25) is 11.8 Å². The summed E-state index contributed by atoms with van der Waals surface area (Å²) in [5.41, 5.74) is 7.08. The largest absolute Gasteiger partial charge is 0.495 e. The lowest BCUT2D eigenvalue weighted by Gasteiger charge is -2.07. The van der Waals surface area contributed by atoms with E-state index in [1.54, 1.807) is 25.3 Å². The summed E-state index contributed by atoms with van der Waals surface area (Å²) in [5, 5.41) is 0.537. The van der Waals surface area contributed by atoms with Crippen LogP contribution in [0.25, 0.3) is 11.3 Å². The molecule has 1 aromatic carbocycles. The molecular formula is C12H12ClN3O2. The standard InChI is InChI=1S/C12H12ClN3O2/c1-17-10-5-7(3-4-8(10)13)9-6-11(18-2)16-12(14)15-9/h3-6H,1-2H3,(H2,14,15,16). The van der Waals surface area contributed by atoms with Gasteiger partial charge in [-0.05, 0) is 12.1 Å². The van der Waals surface area contributed by atoms with Crippen molar-refractivity contribution in [1.29, 1.82) is 0 Å². The molecule has 0 saturated carbocycles. The van der Waals surface area contributed by atoms with E-state index in [1.807, 2.05) is 6.07 Å². The first kappa shape index (κ1) is 12.4. The Morgan fingerprint density at radius 1 is 1.11 bits per heavy atom. The molecule has 0 radical (unpaired) electrons. The third kappa shape index (κ3) is 2.46. The number of aromatic nitrogens is 2. The van der Waals surface area contributed by atoms with E-state index < -0.39 is 0 Å². The quantitative estimate of drug-likeness (QED) is 0.923. The summed E-state index contributed by atoms with van der Waals surface area (Å²) in [6.45, 7) is 0. The molecule has 0 fully saturated rings. The molecular weight excluding hydrogens is 254 g/mol. The highest BCUT2D eigenvalue weighted by atomic mass is 35.5. The van der Waals surface area contributed by atoms with Gasteiger partial charge < -0.3 is 15.2 Å². The summed E-state index contributed by atoms with van der Waals surface area (Å²) in [4.78, 5) is 8.07. The lowest BCUT2D eigenvalue weighted by Crippen LogP contribution is -1.99. The highest BCUT2D eigenvalue weighted by Crippen LogP contribution is 2.30. The number of anilines is 1. The Kier molecular flexibility index (Phi) is 3.53. The van der Waals surface area contributed by atoms with Gasteiger partial charge in [-0.3, -0.25) is 0 Å². The fourth-order valence-corrected chi connectivity index (χ4v) is 1.71. The number of nitrogen functional groups attached to an aromatic ring is 1. The maximum absolute atomic E-state index is 5.97. The molecule has 0 saturated heterocycles. The predicted octanol–water partition coefficient (Wildman–Crippen LogP) is 2.40. The average molecular weight is 266 g/mol. The highest BCUT2D eigenvalue weighted by Gasteiger charge is 2.08. The Labute approximate surface area is 110 Å². The van der Waals surface area contributed by atoms with Crippen LogP contribution >= 0.6 is 11.6 Å². The van der Waals surface area contributed by atoms with Crippen molar-refractivity contribution in [3.8, 4) is 22.9 Å². The minimum atomic E-state index is 0.151. The molecule has 0 atom stereocenters. The number of rotatable bonds is 3. The van der Waals surface area contributed by atoms with Crippen LogP contribution in [0.1, 0.15) is 0 Å². The van der Waals surface area contributed by atoms with Crippen molar-refractivity contribution in [2.75, 3.05) is 20.0 Å². The van der Waals surface area contributed by atoms with Gasteiger partial charge in [0.25, 0.3) is 0 Å². The van der Waals surface area contributed by atoms with Gasteiger partial charge >= 0.3 is 0 Å². The number of ether oxygens (including phenoxy) is 2. The molecule has 0 spiro atoms. The van der Waals surface area contributed by atoms with E-state index in [9.17, 15) is 0 Å². The van der Waals surface area contributed by atoms with Crippen LogP contribution in [0.4, 0.5) is 5.95 Å². The van der Waals surface area contributed by atoms with Crippen molar-refractivity contribution in [3.63, 3.8) is 0 Å². The molecule has 1 heterocycles. The first-order valence-corrected chi connectivity index (χ1v) is 5.54. The van der Waals surface area contributed by atoms with Gasteiger partial charge in [0.05, 0.1) is 24.9 Å². The van der Waals surface area contributed by atoms with Crippen molar-refractivity contribution in [3.05, 3.63) is 29.3 Å². The molecule has 0 aliphatic carbocycles. The van der Waals surface area contributed by atoms with E-state index in [4.69, 9.17) is 26.8 Å². The van der Waals surface area contributed by atoms with E-state index in [1.165, 1.54) is 7.11 Å². The van der Waals surface area contributed by atoms with Gasteiger partial charge in [-0.1, -0.05) is 17.7 Å². The topological polar surface area (TPSA) is 70.3 Å². The normalized spacial score (nSPS) is 10.2. The second kappa shape index (κ2) is 5.10. The number of nitrogens with zero attached hydrogens (tertiary/aromatic N) is 2. The van der Waals surface area contributed by atoms with Crippen molar-refractivity contribution >= 4 is 17.5 Å². The van der Waals surface area contributed by atoms with Gasteiger partial charge in [-0.25, -0.2) is 4.98 Å². The smallest absolute Gasteiger partial charge is 0.223 e. The molecule has 0 amide bonds. The minimum Gasteiger partial charge on any atom is -0.495 e. The molecule has 18 heavy (non-hydrogen) atoms. The molecule has 0 unspecified atom stereocenters. The Hall–Kier alpha value is -2.01. The molecule has 1 aromatic heterocycles. The zero-order valence-electron chi connectivity index (χ0n) is 9.98. The summed E-state index contributed by atoms with van der Waals surface area (Å²) in [5.74, 6) is 1.13. The van der Waals surface area contributed by atoms with E-state index >= 15 is 0 Å². The molecule has 0 bridgehead atoms.